The molecule has 2 N–H and O–H groups in total. The van der Waals surface area contributed by atoms with Crippen molar-refractivity contribution in [1.29, 1.82) is 0 Å². The van der Waals surface area contributed by atoms with Crippen LogP contribution in [0.5, 0.6) is 0 Å². The van der Waals surface area contributed by atoms with E-state index in [0.717, 1.165) is 0 Å². The van der Waals surface area contributed by atoms with Crippen LogP contribution in [0.4, 0.5) is 0 Å². The Balaban J connectivity index is 3.07. The summed E-state index contributed by atoms with van der Waals surface area (Å²) in [5, 5.41) is 11.5. The third kappa shape index (κ3) is 2.56. The Morgan fingerprint density at radius 2 is 2.07 bits per heavy atom. The summed E-state index contributed by atoms with van der Waals surface area (Å²) in [5.41, 5.74) is 1.19. The lowest BCUT2D eigenvalue weighted by atomic mass is 10.0. The van der Waals surface area contributed by atoms with Gasteiger partial charge in [-0.25, -0.2) is 4.79 Å². The molecule has 0 aliphatic heterocycles. The van der Waals surface area contributed by atoms with Gasteiger partial charge in [0.25, 0.3) is 5.91 Å². The molecule has 0 saturated heterocycles. The first-order chi connectivity index (χ1) is 7.06. The largest absolute Gasteiger partial charge is 0.478 e. The van der Waals surface area contributed by atoms with Crippen LogP contribution in [0.2, 0.25) is 0 Å². The second-order valence-electron chi connectivity index (χ2n) is 3.19. The third-order valence-electron chi connectivity index (χ3n) is 2.07. The zero-order valence-corrected chi connectivity index (χ0v) is 8.70. The maximum atomic E-state index is 11.4. The fourth-order valence-electron chi connectivity index (χ4n) is 1.26. The number of carbonyl (C=O) groups is 2. The van der Waals surface area contributed by atoms with Crippen LogP contribution in [0.1, 0.15) is 33.2 Å². The van der Waals surface area contributed by atoms with E-state index in [-0.39, 0.29) is 11.5 Å². The number of benzene rings is 1. The van der Waals surface area contributed by atoms with E-state index in [1.807, 2.05) is 6.92 Å². The Morgan fingerprint density at radius 1 is 1.40 bits per heavy atom. The monoisotopic (exact) mass is 207 g/mol. The van der Waals surface area contributed by atoms with Gasteiger partial charge in [-0.3, -0.25) is 4.79 Å². The number of carbonyl (C=O) groups excluding carboxylic acids is 1. The van der Waals surface area contributed by atoms with Crippen molar-refractivity contribution in [3.63, 3.8) is 0 Å². The van der Waals surface area contributed by atoms with Gasteiger partial charge in [-0.1, -0.05) is 6.07 Å². The standard InChI is InChI=1S/C11H13NO3/c1-3-12-10(13)8-5-4-7(2)9(6-8)11(14)15/h4-6H,3H2,1-2H3,(H,12,13)(H,14,15). The van der Waals surface area contributed by atoms with Crippen molar-refractivity contribution in [2.75, 3.05) is 6.54 Å². The van der Waals surface area contributed by atoms with Crippen molar-refractivity contribution in [1.82, 2.24) is 5.32 Å². The lowest BCUT2D eigenvalue weighted by Gasteiger charge is -2.05. The molecule has 0 unspecified atom stereocenters. The van der Waals surface area contributed by atoms with E-state index in [1.165, 1.54) is 6.07 Å². The van der Waals surface area contributed by atoms with Gasteiger partial charge >= 0.3 is 5.97 Å². The Kier molecular flexibility index (Phi) is 3.44. The number of hydrogen-bond acceptors (Lipinski definition) is 2. The molecule has 1 rings (SSSR count). The number of aromatic carboxylic acids is 1. The van der Waals surface area contributed by atoms with Crippen molar-refractivity contribution >= 4 is 11.9 Å². The molecule has 15 heavy (non-hydrogen) atoms. The molecule has 0 saturated carbocycles. The zero-order chi connectivity index (χ0) is 11.4. The van der Waals surface area contributed by atoms with Gasteiger partial charge in [0, 0.05) is 12.1 Å². The lowest BCUT2D eigenvalue weighted by Crippen LogP contribution is -2.23. The van der Waals surface area contributed by atoms with E-state index >= 15 is 0 Å². The predicted molar refractivity (Wildman–Crippen MR) is 56.1 cm³/mol. The minimum absolute atomic E-state index is 0.166. The normalized spacial score (nSPS) is 9.73. The number of hydrogen-bond donors (Lipinski definition) is 2. The third-order valence-corrected chi connectivity index (χ3v) is 2.07. The fraction of sp³-hybridized carbons (Fsp3) is 0.273. The summed E-state index contributed by atoms with van der Waals surface area (Å²) in [4.78, 5) is 22.2. The first kappa shape index (κ1) is 11.2. The van der Waals surface area contributed by atoms with Crippen LogP contribution in [0, 0.1) is 6.92 Å². The summed E-state index contributed by atoms with van der Waals surface area (Å²) >= 11 is 0. The molecule has 0 aliphatic carbocycles. The van der Waals surface area contributed by atoms with Gasteiger partial charge in [-0.15, -0.1) is 0 Å². The molecule has 1 amide bonds. The quantitative estimate of drug-likeness (QED) is 0.788. The van der Waals surface area contributed by atoms with E-state index in [4.69, 9.17) is 5.11 Å². The molecule has 0 bridgehead atoms. The van der Waals surface area contributed by atoms with Crippen LogP contribution in [-0.2, 0) is 0 Å². The van der Waals surface area contributed by atoms with Crippen LogP contribution in [0.3, 0.4) is 0 Å². The molecule has 0 atom stereocenters. The highest BCUT2D eigenvalue weighted by molar-refractivity contribution is 5.98. The van der Waals surface area contributed by atoms with Crippen LogP contribution >= 0.6 is 0 Å². The number of carboxylic acids is 1. The Bertz CT molecular complexity index is 399. The summed E-state index contributed by atoms with van der Waals surface area (Å²) in [5.74, 6) is -1.27. The molecule has 0 fully saturated rings. The van der Waals surface area contributed by atoms with Crippen LogP contribution in [0.15, 0.2) is 18.2 Å². The molecule has 0 aliphatic rings. The topological polar surface area (TPSA) is 66.4 Å². The molecule has 80 valence electrons. The molecule has 1 aromatic rings. The molecular formula is C11H13NO3. The highest BCUT2D eigenvalue weighted by Gasteiger charge is 2.11. The average molecular weight is 207 g/mol. The van der Waals surface area contributed by atoms with Crippen LogP contribution in [-0.4, -0.2) is 23.5 Å². The van der Waals surface area contributed by atoms with Gasteiger partial charge in [0.2, 0.25) is 0 Å². The van der Waals surface area contributed by atoms with E-state index in [9.17, 15) is 9.59 Å². The molecule has 4 heteroatoms. The summed E-state index contributed by atoms with van der Waals surface area (Å²) in [6, 6.07) is 4.64. The average Bonchev–Trinajstić information content (AvgIpc) is 2.18. The SMILES string of the molecule is CCNC(=O)c1ccc(C)c(C(=O)O)c1. The molecule has 0 aromatic heterocycles. The predicted octanol–water partition coefficient (Wildman–Crippen LogP) is 1.44. The second-order valence-corrected chi connectivity index (χ2v) is 3.19. The van der Waals surface area contributed by atoms with Gasteiger partial charge in [-0.2, -0.15) is 0 Å². The maximum absolute atomic E-state index is 11.4. The molecule has 4 nitrogen and oxygen atoms in total. The lowest BCUT2D eigenvalue weighted by molar-refractivity contribution is 0.0696. The maximum Gasteiger partial charge on any atom is 0.335 e. The minimum Gasteiger partial charge on any atom is -0.478 e. The number of amides is 1. The summed E-state index contributed by atoms with van der Waals surface area (Å²) < 4.78 is 0. The van der Waals surface area contributed by atoms with Crippen molar-refractivity contribution in [3.8, 4) is 0 Å². The molecule has 0 heterocycles. The fourth-order valence-corrected chi connectivity index (χ4v) is 1.26. The van der Waals surface area contributed by atoms with E-state index < -0.39 is 5.97 Å². The van der Waals surface area contributed by atoms with Gasteiger partial charge in [0.1, 0.15) is 0 Å². The van der Waals surface area contributed by atoms with E-state index in [0.29, 0.717) is 17.7 Å². The minimum atomic E-state index is -1.02. The van der Waals surface area contributed by atoms with Gasteiger partial charge < -0.3 is 10.4 Å². The number of nitrogens with one attached hydrogen (secondary N) is 1. The Hall–Kier alpha value is -1.84. The van der Waals surface area contributed by atoms with E-state index in [2.05, 4.69) is 5.32 Å². The zero-order valence-electron chi connectivity index (χ0n) is 8.70. The van der Waals surface area contributed by atoms with Crippen molar-refractivity contribution < 1.29 is 14.7 Å². The van der Waals surface area contributed by atoms with Crippen molar-refractivity contribution in [2.24, 2.45) is 0 Å². The summed E-state index contributed by atoms with van der Waals surface area (Å²) in [7, 11) is 0. The highest BCUT2D eigenvalue weighted by atomic mass is 16.4. The number of aryl methyl sites for hydroxylation is 1. The van der Waals surface area contributed by atoms with Crippen LogP contribution in [0.25, 0.3) is 0 Å². The first-order valence-corrected chi connectivity index (χ1v) is 4.68. The summed E-state index contributed by atoms with van der Waals surface area (Å²) in [6.45, 7) is 4.03. The van der Waals surface area contributed by atoms with Crippen molar-refractivity contribution in [2.45, 2.75) is 13.8 Å². The molecule has 0 radical (unpaired) electrons. The highest BCUT2D eigenvalue weighted by Crippen LogP contribution is 2.11. The molecule has 1 aromatic carbocycles. The van der Waals surface area contributed by atoms with Gasteiger partial charge in [-0.05, 0) is 31.5 Å². The number of carboxylic acid groups (broad SMARTS) is 1. The second kappa shape index (κ2) is 4.59. The van der Waals surface area contributed by atoms with Crippen molar-refractivity contribution in [3.05, 3.63) is 34.9 Å². The molecular weight excluding hydrogens is 194 g/mol. The number of rotatable bonds is 3. The molecule has 0 spiro atoms. The smallest absolute Gasteiger partial charge is 0.335 e. The first-order valence-electron chi connectivity index (χ1n) is 4.68. The van der Waals surface area contributed by atoms with Gasteiger partial charge in [0.05, 0.1) is 5.56 Å². The summed E-state index contributed by atoms with van der Waals surface area (Å²) in [6.07, 6.45) is 0. The van der Waals surface area contributed by atoms with Gasteiger partial charge in [0.15, 0.2) is 0 Å². The Labute approximate surface area is 87.9 Å². The van der Waals surface area contributed by atoms with E-state index in [1.54, 1.807) is 19.1 Å². The van der Waals surface area contributed by atoms with Crippen LogP contribution < -0.4 is 5.32 Å². The Morgan fingerprint density at radius 3 is 2.60 bits per heavy atom.